The van der Waals surface area contributed by atoms with Crippen LogP contribution in [0.5, 0.6) is 5.75 Å². The fourth-order valence-electron chi connectivity index (χ4n) is 2.81. The average Bonchev–Trinajstić information content (AvgIpc) is 3.28. The molecule has 0 N–H and O–H groups in total. The normalized spacial score (nSPS) is 17.1. The summed E-state index contributed by atoms with van der Waals surface area (Å²) in [7, 11) is 0. The van der Waals surface area contributed by atoms with Crippen molar-refractivity contribution in [1.82, 2.24) is 10.2 Å². The Labute approximate surface area is 142 Å². The average molecular weight is 339 g/mol. The third-order valence-electron chi connectivity index (χ3n) is 4.04. The fraction of sp³-hybridized carbons (Fsp3) is 0.167. The van der Waals surface area contributed by atoms with E-state index < -0.39 is 11.9 Å². The molecule has 2 heterocycles. The predicted molar refractivity (Wildman–Crippen MR) is 87.5 cm³/mol. The molecule has 1 aliphatic heterocycles. The molecule has 4 rings (SSSR count). The predicted octanol–water partition coefficient (Wildman–Crippen LogP) is 3.06. The van der Waals surface area contributed by atoms with Crippen LogP contribution in [0, 0.1) is 5.82 Å². The number of ether oxygens (including phenoxy) is 1. The van der Waals surface area contributed by atoms with Crippen LogP contribution in [0.15, 0.2) is 59.3 Å². The number of para-hydroxylation sites is 1. The minimum Gasteiger partial charge on any atom is -0.481 e. The zero-order valence-electron chi connectivity index (χ0n) is 13.1. The van der Waals surface area contributed by atoms with E-state index in [1.165, 1.54) is 17.4 Å². The maximum atomic E-state index is 13.9. The lowest BCUT2D eigenvalue weighted by Crippen LogP contribution is -2.32. The van der Waals surface area contributed by atoms with Crippen molar-refractivity contribution in [2.75, 3.05) is 11.4 Å². The summed E-state index contributed by atoms with van der Waals surface area (Å²) in [4.78, 5) is 13.9. The molecule has 2 aromatic carbocycles. The van der Waals surface area contributed by atoms with E-state index in [4.69, 9.17) is 9.15 Å². The number of hydrogen-bond donors (Lipinski definition) is 0. The van der Waals surface area contributed by atoms with Crippen LogP contribution in [0.25, 0.3) is 11.5 Å². The minimum atomic E-state index is -0.631. The van der Waals surface area contributed by atoms with Gasteiger partial charge in [0.25, 0.3) is 5.91 Å². The number of halogens is 1. The summed E-state index contributed by atoms with van der Waals surface area (Å²) >= 11 is 0. The smallest absolute Gasteiger partial charge is 0.268 e. The lowest BCUT2D eigenvalue weighted by Gasteiger charge is -2.17. The summed E-state index contributed by atoms with van der Waals surface area (Å²) in [6.07, 6.45) is 1.13. The molecular formula is C18H14FN3O3. The molecule has 6 nitrogen and oxygen atoms in total. The van der Waals surface area contributed by atoms with Gasteiger partial charge in [0, 0.05) is 18.5 Å². The number of aromatic nitrogens is 2. The van der Waals surface area contributed by atoms with Gasteiger partial charge in [0.05, 0.1) is 5.69 Å². The van der Waals surface area contributed by atoms with E-state index in [0.717, 1.165) is 5.56 Å². The second-order valence-electron chi connectivity index (χ2n) is 5.60. The van der Waals surface area contributed by atoms with Gasteiger partial charge in [0.15, 0.2) is 6.10 Å². The van der Waals surface area contributed by atoms with Crippen molar-refractivity contribution in [1.29, 1.82) is 0 Å². The van der Waals surface area contributed by atoms with Crippen LogP contribution < -0.4 is 9.64 Å². The van der Waals surface area contributed by atoms with Gasteiger partial charge >= 0.3 is 0 Å². The second kappa shape index (κ2) is 6.35. The number of carbonyl (C=O) groups is 1. The van der Waals surface area contributed by atoms with Crippen molar-refractivity contribution in [2.24, 2.45) is 0 Å². The fourth-order valence-corrected chi connectivity index (χ4v) is 2.81. The quantitative estimate of drug-likeness (QED) is 0.731. The first-order chi connectivity index (χ1) is 12.2. The Morgan fingerprint density at radius 1 is 1.16 bits per heavy atom. The summed E-state index contributed by atoms with van der Waals surface area (Å²) < 4.78 is 24.8. The molecule has 1 aliphatic rings. The van der Waals surface area contributed by atoms with Gasteiger partial charge < -0.3 is 14.1 Å². The van der Waals surface area contributed by atoms with Gasteiger partial charge in [-0.25, -0.2) is 4.39 Å². The molecule has 25 heavy (non-hydrogen) atoms. The van der Waals surface area contributed by atoms with Crippen LogP contribution in [0.1, 0.15) is 6.42 Å². The van der Waals surface area contributed by atoms with Gasteiger partial charge in [-0.3, -0.25) is 4.79 Å². The minimum absolute atomic E-state index is 0.244. The first kappa shape index (κ1) is 15.3. The Morgan fingerprint density at radius 3 is 2.68 bits per heavy atom. The number of benzene rings is 2. The second-order valence-corrected chi connectivity index (χ2v) is 5.60. The third kappa shape index (κ3) is 2.96. The number of rotatable bonds is 4. The van der Waals surface area contributed by atoms with Gasteiger partial charge in [0.1, 0.15) is 11.6 Å². The molecule has 1 fully saturated rings. The lowest BCUT2D eigenvalue weighted by molar-refractivity contribution is -0.122. The van der Waals surface area contributed by atoms with Crippen molar-refractivity contribution in [3.8, 4) is 17.2 Å². The van der Waals surface area contributed by atoms with E-state index in [0.29, 0.717) is 24.6 Å². The number of amides is 1. The molecule has 1 aromatic heterocycles. The summed E-state index contributed by atoms with van der Waals surface area (Å²) in [5, 5.41) is 7.46. The zero-order chi connectivity index (χ0) is 17.2. The molecule has 0 aliphatic carbocycles. The van der Waals surface area contributed by atoms with E-state index >= 15 is 0 Å². The highest BCUT2D eigenvalue weighted by atomic mass is 19.1. The van der Waals surface area contributed by atoms with Crippen LogP contribution in [0.3, 0.4) is 0 Å². The number of anilines is 1. The van der Waals surface area contributed by atoms with Crippen molar-refractivity contribution >= 4 is 11.6 Å². The highest BCUT2D eigenvalue weighted by Gasteiger charge is 2.35. The Balaban J connectivity index is 1.47. The molecule has 7 heteroatoms. The number of nitrogens with zero attached hydrogens (tertiary/aromatic N) is 3. The molecule has 1 saturated heterocycles. The van der Waals surface area contributed by atoms with Gasteiger partial charge in [-0.1, -0.05) is 12.1 Å². The highest BCUT2D eigenvalue weighted by molar-refractivity contribution is 5.99. The van der Waals surface area contributed by atoms with E-state index in [2.05, 4.69) is 10.2 Å². The largest absolute Gasteiger partial charge is 0.481 e. The van der Waals surface area contributed by atoms with Crippen molar-refractivity contribution in [3.05, 3.63) is 60.7 Å². The zero-order valence-corrected chi connectivity index (χ0v) is 13.1. The van der Waals surface area contributed by atoms with Gasteiger partial charge in [-0.05, 0) is 36.4 Å². The molecule has 0 spiro atoms. The molecule has 0 radical (unpaired) electrons. The topological polar surface area (TPSA) is 68.5 Å². The number of hydrogen-bond acceptors (Lipinski definition) is 5. The Morgan fingerprint density at radius 2 is 1.96 bits per heavy atom. The van der Waals surface area contributed by atoms with Crippen molar-refractivity contribution < 1.29 is 18.3 Å². The molecule has 1 atom stereocenters. The maximum absolute atomic E-state index is 13.9. The van der Waals surface area contributed by atoms with Crippen LogP contribution in [0.4, 0.5) is 10.1 Å². The van der Waals surface area contributed by atoms with Crippen LogP contribution in [-0.2, 0) is 4.79 Å². The van der Waals surface area contributed by atoms with E-state index in [1.54, 1.807) is 42.5 Å². The van der Waals surface area contributed by atoms with E-state index in [1.807, 2.05) is 0 Å². The van der Waals surface area contributed by atoms with E-state index in [-0.39, 0.29) is 11.6 Å². The Kier molecular flexibility index (Phi) is 3.89. The molecule has 3 aromatic rings. The van der Waals surface area contributed by atoms with Crippen molar-refractivity contribution in [3.63, 3.8) is 0 Å². The first-order valence-electron chi connectivity index (χ1n) is 7.81. The van der Waals surface area contributed by atoms with Gasteiger partial charge in [-0.15, -0.1) is 10.2 Å². The summed E-state index contributed by atoms with van der Waals surface area (Å²) in [5.74, 6) is 0.303. The summed E-state index contributed by atoms with van der Waals surface area (Å²) in [6.45, 7) is 0.421. The molecule has 126 valence electrons. The standard InChI is InChI=1S/C18H14FN3O3/c19-14-3-1-2-4-15(14)22-10-9-16(18(22)23)25-13-7-5-12(6-8-13)17-21-20-11-24-17/h1-8,11,16H,9-10H2/t16-/m1/s1. The van der Waals surface area contributed by atoms with Gasteiger partial charge in [0.2, 0.25) is 12.3 Å². The SMILES string of the molecule is O=C1[C@H](Oc2ccc(-c3nnco3)cc2)CCN1c1ccccc1F. The molecule has 1 amide bonds. The van der Waals surface area contributed by atoms with Crippen LogP contribution in [0.2, 0.25) is 0 Å². The Bertz CT molecular complexity index is 881. The number of carbonyl (C=O) groups excluding carboxylic acids is 1. The van der Waals surface area contributed by atoms with Gasteiger partial charge in [-0.2, -0.15) is 0 Å². The highest BCUT2D eigenvalue weighted by Crippen LogP contribution is 2.27. The summed E-state index contributed by atoms with van der Waals surface area (Å²) in [6, 6.07) is 13.3. The van der Waals surface area contributed by atoms with Crippen molar-refractivity contribution in [2.45, 2.75) is 12.5 Å². The third-order valence-corrected chi connectivity index (χ3v) is 4.04. The first-order valence-corrected chi connectivity index (χ1v) is 7.81. The summed E-state index contributed by atoms with van der Waals surface area (Å²) in [5.41, 5.74) is 1.04. The maximum Gasteiger partial charge on any atom is 0.268 e. The Hall–Kier alpha value is -3.22. The van der Waals surface area contributed by atoms with E-state index in [9.17, 15) is 9.18 Å². The molecule has 0 saturated carbocycles. The monoisotopic (exact) mass is 339 g/mol. The molecule has 0 unspecified atom stereocenters. The molecule has 0 bridgehead atoms. The van der Waals surface area contributed by atoms with Crippen LogP contribution in [-0.4, -0.2) is 28.8 Å². The molecular weight excluding hydrogens is 325 g/mol. The van der Waals surface area contributed by atoms with Crippen LogP contribution >= 0.6 is 0 Å². The lowest BCUT2D eigenvalue weighted by atomic mass is 10.2.